The first-order valence-corrected chi connectivity index (χ1v) is 8.03. The van der Waals surface area contributed by atoms with E-state index in [0.717, 1.165) is 0 Å². The van der Waals surface area contributed by atoms with Gasteiger partial charge in [-0.15, -0.1) is 0 Å². The number of ether oxygens (including phenoxy) is 1. The first kappa shape index (κ1) is 16.6. The third-order valence-electron chi connectivity index (χ3n) is 4.04. The molecule has 1 saturated heterocycles. The van der Waals surface area contributed by atoms with Gasteiger partial charge in [-0.3, -0.25) is 14.7 Å². The highest BCUT2D eigenvalue weighted by Gasteiger charge is 2.31. The number of amides is 1. The standard InChI is InChI=1S/C16H18ClN3O4/c17-11-1-3-12(4-2-11)24-14-5-6-20(9-13(14)21)15(22)7-10-8-18-19-16(10)23/h1-4,8,13-14,21H,5-7,9H2,(H2,18,19,23)/t13-,14-/m1/s1. The molecule has 1 aromatic heterocycles. The van der Waals surface area contributed by atoms with Gasteiger partial charge in [0.15, 0.2) is 0 Å². The van der Waals surface area contributed by atoms with E-state index in [9.17, 15) is 14.7 Å². The number of hydrogen-bond acceptors (Lipinski definition) is 4. The fraction of sp³-hybridized carbons (Fsp3) is 0.375. The second-order valence-corrected chi connectivity index (χ2v) is 6.19. The van der Waals surface area contributed by atoms with Gasteiger partial charge in [0.05, 0.1) is 13.0 Å². The van der Waals surface area contributed by atoms with E-state index in [1.54, 1.807) is 29.2 Å². The molecular weight excluding hydrogens is 334 g/mol. The Bertz CT molecular complexity index is 755. The quantitative estimate of drug-likeness (QED) is 0.763. The molecule has 0 spiro atoms. The van der Waals surface area contributed by atoms with Gasteiger partial charge in [0.1, 0.15) is 18.0 Å². The molecule has 1 fully saturated rings. The molecule has 0 bridgehead atoms. The van der Waals surface area contributed by atoms with E-state index in [1.165, 1.54) is 6.20 Å². The molecule has 8 heteroatoms. The van der Waals surface area contributed by atoms with Gasteiger partial charge in [-0.2, -0.15) is 0 Å². The second-order valence-electron chi connectivity index (χ2n) is 5.75. The van der Waals surface area contributed by atoms with Crippen molar-refractivity contribution >= 4 is 17.5 Å². The number of halogens is 1. The van der Waals surface area contributed by atoms with Crippen molar-refractivity contribution in [3.8, 4) is 5.75 Å². The zero-order valence-electron chi connectivity index (χ0n) is 12.9. The van der Waals surface area contributed by atoms with Crippen molar-refractivity contribution < 1.29 is 14.6 Å². The third kappa shape index (κ3) is 3.80. The average Bonchev–Trinajstić information content (AvgIpc) is 2.96. The van der Waals surface area contributed by atoms with E-state index in [0.29, 0.717) is 29.3 Å². The fourth-order valence-corrected chi connectivity index (χ4v) is 2.83. The van der Waals surface area contributed by atoms with Crippen LogP contribution < -0.4 is 10.3 Å². The van der Waals surface area contributed by atoms with Crippen LogP contribution in [0.2, 0.25) is 5.02 Å². The van der Waals surface area contributed by atoms with E-state index in [1.807, 2.05) is 0 Å². The number of H-pyrrole nitrogens is 2. The Morgan fingerprint density at radius 1 is 1.38 bits per heavy atom. The molecular formula is C16H18ClN3O4. The lowest BCUT2D eigenvalue weighted by atomic mass is 10.0. The number of likely N-dealkylation sites (tertiary alicyclic amines) is 1. The van der Waals surface area contributed by atoms with Crippen LogP contribution in [0, 0.1) is 0 Å². The highest BCUT2D eigenvalue weighted by molar-refractivity contribution is 6.30. The molecule has 24 heavy (non-hydrogen) atoms. The Balaban J connectivity index is 1.56. The molecule has 1 amide bonds. The molecule has 3 rings (SSSR count). The molecule has 1 aliphatic rings. The summed E-state index contributed by atoms with van der Waals surface area (Å²) in [6.45, 7) is 0.649. The molecule has 128 valence electrons. The number of aromatic nitrogens is 2. The largest absolute Gasteiger partial charge is 0.488 e. The first-order chi connectivity index (χ1) is 11.5. The first-order valence-electron chi connectivity index (χ1n) is 7.66. The molecule has 0 radical (unpaired) electrons. The Labute approximate surface area is 143 Å². The van der Waals surface area contributed by atoms with E-state index >= 15 is 0 Å². The topological polar surface area (TPSA) is 98.4 Å². The van der Waals surface area contributed by atoms with Crippen LogP contribution in [0.5, 0.6) is 5.75 Å². The Hall–Kier alpha value is -2.25. The maximum atomic E-state index is 12.3. The summed E-state index contributed by atoms with van der Waals surface area (Å²) in [4.78, 5) is 25.3. The van der Waals surface area contributed by atoms with Crippen LogP contribution in [0.4, 0.5) is 0 Å². The van der Waals surface area contributed by atoms with Crippen LogP contribution in [0.25, 0.3) is 0 Å². The summed E-state index contributed by atoms with van der Waals surface area (Å²) in [5.41, 5.74) is 0.0823. The summed E-state index contributed by atoms with van der Waals surface area (Å²) in [5.74, 6) is 0.436. The van der Waals surface area contributed by atoms with Crippen molar-refractivity contribution in [2.24, 2.45) is 0 Å². The SMILES string of the molecule is O=C(Cc1c[nH][nH]c1=O)N1CC[C@@H](Oc2ccc(Cl)cc2)[C@H](O)C1. The molecule has 0 saturated carbocycles. The number of rotatable bonds is 4. The third-order valence-corrected chi connectivity index (χ3v) is 4.29. The normalized spacial score (nSPS) is 20.8. The lowest BCUT2D eigenvalue weighted by molar-refractivity contribution is -0.136. The van der Waals surface area contributed by atoms with Gasteiger partial charge in [0.2, 0.25) is 5.91 Å². The minimum absolute atomic E-state index is 0.00820. The molecule has 1 aliphatic heterocycles. The summed E-state index contributed by atoms with van der Waals surface area (Å²) in [6, 6.07) is 6.92. The Kier molecular flexibility index (Phi) is 4.92. The van der Waals surface area contributed by atoms with Gasteiger partial charge in [-0.25, -0.2) is 0 Å². The monoisotopic (exact) mass is 351 g/mol. The number of aromatic amines is 2. The molecule has 0 aliphatic carbocycles. The van der Waals surface area contributed by atoms with Crippen molar-refractivity contribution in [2.45, 2.75) is 25.0 Å². The predicted octanol–water partition coefficient (Wildman–Crippen LogP) is 0.940. The number of β-amino-alcohol motifs (C(OH)–C–C–N with tert-alkyl or cyclic N) is 1. The van der Waals surface area contributed by atoms with Gasteiger partial charge >= 0.3 is 0 Å². The zero-order valence-corrected chi connectivity index (χ0v) is 13.6. The van der Waals surface area contributed by atoms with E-state index in [-0.39, 0.29) is 30.5 Å². The number of piperidine rings is 1. The maximum absolute atomic E-state index is 12.3. The minimum atomic E-state index is -0.789. The van der Waals surface area contributed by atoms with Crippen LogP contribution in [-0.2, 0) is 11.2 Å². The molecule has 7 nitrogen and oxygen atoms in total. The van der Waals surface area contributed by atoms with Gasteiger partial charge < -0.3 is 19.8 Å². The average molecular weight is 352 g/mol. The van der Waals surface area contributed by atoms with Gasteiger partial charge in [-0.1, -0.05) is 11.6 Å². The second kappa shape index (κ2) is 7.11. The summed E-state index contributed by atoms with van der Waals surface area (Å²) in [7, 11) is 0. The summed E-state index contributed by atoms with van der Waals surface area (Å²) >= 11 is 5.83. The number of carbonyl (C=O) groups excluding carboxylic acids is 1. The molecule has 2 atom stereocenters. The van der Waals surface area contributed by atoms with Crippen molar-refractivity contribution in [1.29, 1.82) is 0 Å². The van der Waals surface area contributed by atoms with Gasteiger partial charge in [0.25, 0.3) is 5.56 Å². The maximum Gasteiger partial charge on any atom is 0.267 e. The number of aliphatic hydroxyl groups is 1. The smallest absolute Gasteiger partial charge is 0.267 e. The number of nitrogens with zero attached hydrogens (tertiary/aromatic N) is 1. The fourth-order valence-electron chi connectivity index (χ4n) is 2.70. The van der Waals surface area contributed by atoms with Crippen molar-refractivity contribution in [3.63, 3.8) is 0 Å². The minimum Gasteiger partial charge on any atom is -0.488 e. The van der Waals surface area contributed by atoms with Crippen molar-refractivity contribution in [3.05, 3.63) is 51.4 Å². The van der Waals surface area contributed by atoms with E-state index in [4.69, 9.17) is 16.3 Å². The van der Waals surface area contributed by atoms with Gasteiger partial charge in [-0.05, 0) is 24.3 Å². The Morgan fingerprint density at radius 3 is 2.75 bits per heavy atom. The molecule has 2 heterocycles. The highest BCUT2D eigenvalue weighted by atomic mass is 35.5. The van der Waals surface area contributed by atoms with Crippen molar-refractivity contribution in [2.75, 3.05) is 13.1 Å². The lowest BCUT2D eigenvalue weighted by Gasteiger charge is -2.36. The molecule has 3 N–H and O–H groups in total. The number of hydrogen-bond donors (Lipinski definition) is 3. The summed E-state index contributed by atoms with van der Waals surface area (Å²) < 4.78 is 5.77. The number of benzene rings is 1. The van der Waals surface area contributed by atoms with E-state index in [2.05, 4.69) is 10.2 Å². The summed E-state index contributed by atoms with van der Waals surface area (Å²) in [6.07, 6.45) is 0.828. The van der Waals surface area contributed by atoms with Crippen molar-refractivity contribution in [1.82, 2.24) is 15.1 Å². The zero-order chi connectivity index (χ0) is 17.1. The van der Waals surface area contributed by atoms with Gasteiger partial charge in [0, 0.05) is 29.7 Å². The Morgan fingerprint density at radius 2 is 2.12 bits per heavy atom. The van der Waals surface area contributed by atoms with Crippen LogP contribution in [0.3, 0.4) is 0 Å². The summed E-state index contributed by atoms with van der Waals surface area (Å²) in [5, 5.41) is 15.8. The van der Waals surface area contributed by atoms with Crippen LogP contribution in [-0.4, -0.2) is 51.4 Å². The molecule has 2 aromatic rings. The highest BCUT2D eigenvalue weighted by Crippen LogP contribution is 2.21. The molecule has 1 aromatic carbocycles. The lowest BCUT2D eigenvalue weighted by Crippen LogP contribution is -2.51. The number of nitrogens with one attached hydrogen (secondary N) is 2. The molecule has 0 unspecified atom stereocenters. The predicted molar refractivity (Wildman–Crippen MR) is 88.2 cm³/mol. The van der Waals surface area contributed by atoms with Crippen LogP contribution in [0.1, 0.15) is 12.0 Å². The van der Waals surface area contributed by atoms with Crippen LogP contribution in [0.15, 0.2) is 35.3 Å². The van der Waals surface area contributed by atoms with Crippen LogP contribution >= 0.6 is 11.6 Å². The number of aliphatic hydroxyl groups excluding tert-OH is 1. The number of carbonyl (C=O) groups is 1. The van der Waals surface area contributed by atoms with E-state index < -0.39 is 6.10 Å².